The zero-order chi connectivity index (χ0) is 17.2. The zero-order valence-electron chi connectivity index (χ0n) is 14.8. The number of ether oxygens (including phenoxy) is 1. The van der Waals surface area contributed by atoms with E-state index in [2.05, 4.69) is 21.8 Å². The second-order valence-electron chi connectivity index (χ2n) is 6.96. The number of aromatic nitrogens is 1. The highest BCUT2D eigenvalue weighted by molar-refractivity contribution is 5.79. The van der Waals surface area contributed by atoms with Crippen LogP contribution in [0.4, 0.5) is 0 Å². The van der Waals surface area contributed by atoms with Crippen LogP contribution in [0.3, 0.4) is 0 Å². The van der Waals surface area contributed by atoms with Gasteiger partial charge in [0, 0.05) is 25.0 Å². The first-order chi connectivity index (χ1) is 12.2. The molecule has 0 unspecified atom stereocenters. The van der Waals surface area contributed by atoms with Crippen molar-refractivity contribution in [3.8, 4) is 5.75 Å². The number of piperidine rings is 1. The van der Waals surface area contributed by atoms with E-state index in [-0.39, 0.29) is 11.7 Å². The van der Waals surface area contributed by atoms with Gasteiger partial charge in [-0.05, 0) is 50.4 Å². The molecule has 2 aliphatic heterocycles. The molecular weight excluding hydrogens is 314 g/mol. The second kappa shape index (κ2) is 7.00. The van der Waals surface area contributed by atoms with Crippen LogP contribution >= 0.6 is 0 Å². The molecule has 0 spiro atoms. The van der Waals surface area contributed by atoms with E-state index >= 15 is 0 Å². The van der Waals surface area contributed by atoms with Crippen molar-refractivity contribution in [2.75, 3.05) is 26.2 Å². The molecule has 5 heteroatoms. The fourth-order valence-corrected chi connectivity index (χ4v) is 3.85. The molecule has 132 valence electrons. The Bertz CT molecular complexity index is 940. The molecule has 2 aromatic rings. The lowest BCUT2D eigenvalue weighted by Gasteiger charge is -2.31. The summed E-state index contributed by atoms with van der Waals surface area (Å²) >= 11 is 0. The lowest BCUT2D eigenvalue weighted by atomic mass is 10.1. The quantitative estimate of drug-likeness (QED) is 0.920. The molecule has 1 aromatic carbocycles. The highest BCUT2D eigenvalue weighted by atomic mass is 16.5. The smallest absolute Gasteiger partial charge is 0.257 e. The summed E-state index contributed by atoms with van der Waals surface area (Å²) in [5.74, 6) is 0.872. The first-order valence-corrected chi connectivity index (χ1v) is 9.34. The third-order valence-corrected chi connectivity index (χ3v) is 5.12. The molecule has 1 fully saturated rings. The van der Waals surface area contributed by atoms with E-state index in [1.54, 1.807) is 0 Å². The van der Waals surface area contributed by atoms with E-state index in [0.717, 1.165) is 60.9 Å². The van der Waals surface area contributed by atoms with Crippen LogP contribution in [0.15, 0.2) is 28.0 Å². The fraction of sp³-hybridized carbons (Fsp3) is 0.500. The van der Waals surface area contributed by atoms with Crippen LogP contribution in [-0.4, -0.2) is 42.2 Å². The van der Waals surface area contributed by atoms with Gasteiger partial charge in [-0.2, -0.15) is 0 Å². The number of benzene rings is 1. The number of pyridine rings is 1. The molecular formula is C20H25N3O2. The minimum Gasteiger partial charge on any atom is -0.490 e. The molecule has 25 heavy (non-hydrogen) atoms. The number of nitrogens with zero attached hydrogens (tertiary/aromatic N) is 2. The van der Waals surface area contributed by atoms with E-state index in [1.165, 1.54) is 13.0 Å². The van der Waals surface area contributed by atoms with E-state index < -0.39 is 0 Å². The van der Waals surface area contributed by atoms with Crippen molar-refractivity contribution >= 4 is 17.0 Å². The van der Waals surface area contributed by atoms with Gasteiger partial charge in [-0.3, -0.25) is 9.79 Å². The Morgan fingerprint density at radius 1 is 1.32 bits per heavy atom. The number of nitrogens with one attached hydrogen (secondary N) is 1. The summed E-state index contributed by atoms with van der Waals surface area (Å²) in [6.07, 6.45) is 6.43. The molecule has 2 aliphatic rings. The second-order valence-corrected chi connectivity index (χ2v) is 6.96. The van der Waals surface area contributed by atoms with Crippen LogP contribution < -0.4 is 20.9 Å². The van der Waals surface area contributed by atoms with E-state index in [9.17, 15) is 4.79 Å². The summed E-state index contributed by atoms with van der Waals surface area (Å²) in [5.41, 5.74) is 0.774. The van der Waals surface area contributed by atoms with Crippen LogP contribution in [0.2, 0.25) is 0 Å². The first kappa shape index (κ1) is 16.3. The normalized spacial score (nSPS) is 18.4. The predicted molar refractivity (Wildman–Crippen MR) is 99.7 cm³/mol. The van der Waals surface area contributed by atoms with E-state index in [0.29, 0.717) is 5.22 Å². The van der Waals surface area contributed by atoms with Gasteiger partial charge >= 0.3 is 0 Å². The Hall–Kier alpha value is -2.14. The van der Waals surface area contributed by atoms with Crippen LogP contribution in [0.5, 0.6) is 5.75 Å². The van der Waals surface area contributed by atoms with Gasteiger partial charge in [-0.25, -0.2) is 0 Å². The molecule has 0 bridgehead atoms. The summed E-state index contributed by atoms with van der Waals surface area (Å²) in [6.45, 7) is 6.37. The maximum absolute atomic E-state index is 12.2. The monoisotopic (exact) mass is 339 g/mol. The molecule has 0 aliphatic carbocycles. The Kier molecular flexibility index (Phi) is 4.57. The van der Waals surface area contributed by atoms with Gasteiger partial charge in [0.25, 0.3) is 5.56 Å². The minimum atomic E-state index is -0.0529. The van der Waals surface area contributed by atoms with Crippen molar-refractivity contribution < 1.29 is 4.74 Å². The first-order valence-electron chi connectivity index (χ1n) is 9.34. The molecule has 1 N–H and O–H groups in total. The molecule has 0 saturated carbocycles. The van der Waals surface area contributed by atoms with Gasteiger partial charge in [0.2, 0.25) is 0 Å². The van der Waals surface area contributed by atoms with Crippen molar-refractivity contribution in [1.29, 1.82) is 0 Å². The topological polar surface area (TPSA) is 57.7 Å². The molecule has 0 amide bonds. The highest BCUT2D eigenvalue weighted by Gasteiger charge is 2.20. The minimum absolute atomic E-state index is 0.0529. The number of fused-ring (bicyclic) bond motifs is 3. The summed E-state index contributed by atoms with van der Waals surface area (Å²) in [7, 11) is 0. The Labute approximate surface area is 147 Å². The molecule has 4 rings (SSSR count). The van der Waals surface area contributed by atoms with Crippen molar-refractivity contribution in [2.24, 2.45) is 4.99 Å². The standard InChI is InChI=1S/C20H25N3O2/c1-2-10-23-11-7-14(8-12-23)25-15-5-6-18-17(13-15)19-16(20(24)22-18)4-3-9-21-19/h4-6,13-14H,2-3,7-12H2,1H3,(H,22,24). The van der Waals surface area contributed by atoms with Crippen molar-refractivity contribution in [2.45, 2.75) is 38.7 Å². The highest BCUT2D eigenvalue weighted by Crippen LogP contribution is 2.21. The van der Waals surface area contributed by atoms with Crippen molar-refractivity contribution in [3.63, 3.8) is 0 Å². The summed E-state index contributed by atoms with van der Waals surface area (Å²) in [4.78, 5) is 22.2. The SMILES string of the molecule is CCCN1CCC(Oc2ccc3[nH]c(=O)c4c(c3c2)=NCCC=4)CC1. The summed E-state index contributed by atoms with van der Waals surface area (Å²) < 4.78 is 6.24. The lowest BCUT2D eigenvalue weighted by molar-refractivity contribution is 0.101. The molecule has 1 aromatic heterocycles. The van der Waals surface area contributed by atoms with Crippen LogP contribution in [-0.2, 0) is 0 Å². The largest absolute Gasteiger partial charge is 0.490 e. The third kappa shape index (κ3) is 3.33. The molecule has 5 nitrogen and oxygen atoms in total. The Morgan fingerprint density at radius 2 is 2.16 bits per heavy atom. The van der Waals surface area contributed by atoms with Gasteiger partial charge in [0.1, 0.15) is 11.9 Å². The summed E-state index contributed by atoms with van der Waals surface area (Å²) in [6, 6.07) is 5.92. The number of likely N-dealkylation sites (tertiary alicyclic amines) is 1. The van der Waals surface area contributed by atoms with Gasteiger partial charge in [0.15, 0.2) is 0 Å². The number of hydrogen-bond acceptors (Lipinski definition) is 4. The van der Waals surface area contributed by atoms with Crippen molar-refractivity contribution in [1.82, 2.24) is 9.88 Å². The van der Waals surface area contributed by atoms with Gasteiger partial charge in [-0.15, -0.1) is 0 Å². The van der Waals surface area contributed by atoms with Crippen LogP contribution in [0.1, 0.15) is 32.6 Å². The molecule has 0 atom stereocenters. The lowest BCUT2D eigenvalue weighted by Crippen LogP contribution is -2.43. The van der Waals surface area contributed by atoms with E-state index in [1.807, 2.05) is 24.3 Å². The number of aromatic amines is 1. The van der Waals surface area contributed by atoms with Gasteiger partial charge < -0.3 is 14.6 Å². The predicted octanol–water partition coefficient (Wildman–Crippen LogP) is 1.59. The number of rotatable bonds is 4. The maximum atomic E-state index is 12.2. The molecule has 1 saturated heterocycles. The maximum Gasteiger partial charge on any atom is 0.257 e. The average Bonchev–Trinajstić information content (AvgIpc) is 2.64. The number of H-pyrrole nitrogens is 1. The van der Waals surface area contributed by atoms with Crippen molar-refractivity contribution in [3.05, 3.63) is 39.1 Å². The van der Waals surface area contributed by atoms with Gasteiger partial charge in [-0.1, -0.05) is 13.0 Å². The van der Waals surface area contributed by atoms with Crippen LogP contribution in [0, 0.1) is 0 Å². The molecule has 3 heterocycles. The Morgan fingerprint density at radius 3 is 2.96 bits per heavy atom. The van der Waals surface area contributed by atoms with Crippen LogP contribution in [0.25, 0.3) is 17.0 Å². The van der Waals surface area contributed by atoms with E-state index in [4.69, 9.17) is 4.74 Å². The zero-order valence-corrected chi connectivity index (χ0v) is 14.8. The summed E-state index contributed by atoms with van der Waals surface area (Å²) in [5, 5.41) is 2.49. The van der Waals surface area contributed by atoms with Gasteiger partial charge in [0.05, 0.1) is 16.1 Å². The fourth-order valence-electron chi connectivity index (χ4n) is 3.85. The Balaban J connectivity index is 1.60. The number of hydrogen-bond donors (Lipinski definition) is 1. The third-order valence-electron chi connectivity index (χ3n) is 5.12. The molecule has 0 radical (unpaired) electrons. The average molecular weight is 339 g/mol.